The number of sulfonamides is 2. The number of rotatable bonds is 9. The van der Waals surface area contributed by atoms with Gasteiger partial charge in [0.1, 0.15) is 38.8 Å². The molecule has 0 amide bonds. The lowest BCUT2D eigenvalue weighted by atomic mass is 10.1. The third-order valence-electron chi connectivity index (χ3n) is 9.72. The maximum absolute atomic E-state index is 14.0. The number of methoxy groups -OCH3 is 1. The van der Waals surface area contributed by atoms with Gasteiger partial charge in [-0.25, -0.2) is 44.4 Å². The molecule has 0 bridgehead atoms. The number of aromatic nitrogens is 2. The molecule has 0 saturated carbocycles. The van der Waals surface area contributed by atoms with Crippen molar-refractivity contribution in [1.82, 2.24) is 18.6 Å². The van der Waals surface area contributed by atoms with Crippen LogP contribution in [0.1, 0.15) is 5.56 Å². The van der Waals surface area contributed by atoms with E-state index in [2.05, 4.69) is 16.0 Å². The van der Waals surface area contributed by atoms with E-state index in [1.54, 1.807) is 7.11 Å². The Morgan fingerprint density at radius 2 is 1.08 bits per heavy atom. The van der Waals surface area contributed by atoms with Gasteiger partial charge in [0.05, 0.1) is 18.5 Å². The van der Waals surface area contributed by atoms with Crippen LogP contribution in [0.3, 0.4) is 0 Å². The van der Waals surface area contributed by atoms with Crippen LogP contribution in [-0.4, -0.2) is 94.9 Å². The number of hydrogen-bond acceptors (Lipinski definition) is 11. The van der Waals surface area contributed by atoms with Crippen molar-refractivity contribution in [2.24, 2.45) is 0 Å². The Bertz CT molecular complexity index is 2660. The van der Waals surface area contributed by atoms with Crippen LogP contribution in [0.4, 0.5) is 27.8 Å². The van der Waals surface area contributed by atoms with Crippen molar-refractivity contribution in [1.29, 1.82) is 0 Å². The number of para-hydroxylation sites is 1. The lowest BCUT2D eigenvalue weighted by Gasteiger charge is -2.33. The lowest BCUT2D eigenvalue weighted by Crippen LogP contribution is -2.48. The van der Waals surface area contributed by atoms with E-state index in [0.29, 0.717) is 38.3 Å². The molecule has 2 saturated heterocycles. The quantitative estimate of drug-likeness (QED) is 0.136. The fraction of sp³-hybridized carbons (Fsp3) is 0.250. The fourth-order valence-corrected chi connectivity index (χ4v) is 11.3. The lowest BCUT2D eigenvalue weighted by molar-refractivity contribution is 0.381. The summed E-state index contributed by atoms with van der Waals surface area (Å²) < 4.78 is 113. The predicted octanol–water partition coefficient (Wildman–Crippen LogP) is 7.52. The molecule has 59 heavy (non-hydrogen) atoms. The van der Waals surface area contributed by atoms with Gasteiger partial charge in [0, 0.05) is 86.4 Å². The van der Waals surface area contributed by atoms with Crippen molar-refractivity contribution < 1.29 is 39.1 Å². The van der Waals surface area contributed by atoms with Crippen molar-refractivity contribution in [2.45, 2.75) is 16.7 Å². The molecule has 4 heterocycles. The molecule has 310 valence electrons. The van der Waals surface area contributed by atoms with E-state index in [-0.39, 0.29) is 26.2 Å². The first-order valence-corrected chi connectivity index (χ1v) is 22.9. The second-order valence-corrected chi connectivity index (χ2v) is 19.0. The summed E-state index contributed by atoms with van der Waals surface area (Å²) in [6, 6.07) is 20.7. The van der Waals surface area contributed by atoms with Crippen LogP contribution in [0.5, 0.6) is 5.75 Å². The van der Waals surface area contributed by atoms with Crippen LogP contribution in [0.15, 0.2) is 105 Å². The summed E-state index contributed by atoms with van der Waals surface area (Å²) in [4.78, 5) is 12.4. The second kappa shape index (κ2) is 17.7. The average molecular weight is 887 g/mol. The molecule has 2 aromatic heterocycles. The number of piperazine rings is 2. The number of aryl methyl sites for hydroxylation is 1. The Labute approximate surface area is 347 Å². The maximum Gasteiger partial charge on any atom is 0.246 e. The van der Waals surface area contributed by atoms with E-state index in [0.717, 1.165) is 68.4 Å². The van der Waals surface area contributed by atoms with Gasteiger partial charge in [-0.1, -0.05) is 35.9 Å². The van der Waals surface area contributed by atoms with Crippen LogP contribution in [0.25, 0.3) is 22.5 Å². The second-order valence-electron chi connectivity index (χ2n) is 13.5. The van der Waals surface area contributed by atoms with Gasteiger partial charge in [-0.2, -0.15) is 8.61 Å². The van der Waals surface area contributed by atoms with E-state index in [4.69, 9.17) is 4.74 Å². The van der Waals surface area contributed by atoms with Gasteiger partial charge in [0.15, 0.2) is 10.3 Å². The summed E-state index contributed by atoms with van der Waals surface area (Å²) in [6.45, 7) is 4.54. The topological polar surface area (TPSA) is 116 Å². The number of anilines is 2. The summed E-state index contributed by atoms with van der Waals surface area (Å²) in [5.74, 6) is -3.05. The summed E-state index contributed by atoms with van der Waals surface area (Å²) in [5, 5.41) is 5.53. The van der Waals surface area contributed by atoms with Crippen LogP contribution < -0.4 is 14.5 Å². The summed E-state index contributed by atoms with van der Waals surface area (Å²) >= 11 is 2.98. The van der Waals surface area contributed by atoms with E-state index >= 15 is 0 Å². The van der Waals surface area contributed by atoms with Gasteiger partial charge in [0.25, 0.3) is 0 Å². The van der Waals surface area contributed by atoms with E-state index in [1.165, 1.54) is 31.3 Å². The van der Waals surface area contributed by atoms with Crippen molar-refractivity contribution in [3.05, 3.63) is 125 Å². The summed E-state index contributed by atoms with van der Waals surface area (Å²) in [6.07, 6.45) is 0. The molecule has 0 unspecified atom stereocenters. The van der Waals surface area contributed by atoms with E-state index in [9.17, 15) is 34.4 Å². The molecule has 0 aliphatic carbocycles. The van der Waals surface area contributed by atoms with Gasteiger partial charge < -0.3 is 14.5 Å². The van der Waals surface area contributed by atoms with Gasteiger partial charge in [-0.15, -0.1) is 22.7 Å². The van der Waals surface area contributed by atoms with Crippen LogP contribution >= 0.6 is 22.7 Å². The molecular weight excluding hydrogens is 849 g/mol. The van der Waals surface area contributed by atoms with Crippen molar-refractivity contribution in [3.8, 4) is 28.3 Å². The van der Waals surface area contributed by atoms with E-state index in [1.807, 2.05) is 69.9 Å². The molecule has 4 aromatic carbocycles. The third kappa shape index (κ3) is 9.29. The molecule has 0 atom stereocenters. The monoisotopic (exact) mass is 886 g/mol. The molecule has 2 aliphatic rings. The molecule has 6 aromatic rings. The SMILES string of the molecule is COc1ccccc1-c1csc(N2CCN(S(=O)(=O)c3ccc(F)cc3F)CC2)n1.Cc1cccc(-c2csc(N3CCN(S(=O)(=O)c4ccc(F)cc4F)CC3)n2)c1. The number of halogens is 4. The zero-order chi connectivity index (χ0) is 41.9. The smallest absolute Gasteiger partial charge is 0.246 e. The minimum atomic E-state index is -4.03. The highest BCUT2D eigenvalue weighted by Gasteiger charge is 2.33. The van der Waals surface area contributed by atoms with Crippen LogP contribution in [-0.2, 0) is 20.0 Å². The minimum Gasteiger partial charge on any atom is -0.496 e. The number of nitrogens with zero attached hydrogens (tertiary/aromatic N) is 6. The minimum absolute atomic E-state index is 0.183. The molecule has 2 aliphatic heterocycles. The van der Waals surface area contributed by atoms with E-state index < -0.39 is 53.1 Å². The third-order valence-corrected chi connectivity index (χ3v) is 15.4. The molecular formula is C40H38F4N6O5S4. The van der Waals surface area contributed by atoms with Crippen LogP contribution in [0, 0.1) is 30.2 Å². The highest BCUT2D eigenvalue weighted by atomic mass is 32.2. The normalized spacial score (nSPS) is 15.5. The fourth-order valence-electron chi connectivity index (χ4n) is 6.62. The van der Waals surface area contributed by atoms with Crippen molar-refractivity contribution >= 4 is 53.0 Å². The zero-order valence-corrected chi connectivity index (χ0v) is 35.0. The first-order chi connectivity index (χ1) is 28.2. The van der Waals surface area contributed by atoms with Crippen molar-refractivity contribution in [2.75, 3.05) is 69.3 Å². The number of thiazole rings is 2. The highest BCUT2D eigenvalue weighted by Crippen LogP contribution is 2.34. The zero-order valence-electron chi connectivity index (χ0n) is 31.8. The van der Waals surface area contributed by atoms with Gasteiger partial charge >= 0.3 is 0 Å². The molecule has 0 radical (unpaired) electrons. The number of benzene rings is 4. The molecule has 11 nitrogen and oxygen atoms in total. The maximum atomic E-state index is 14.0. The molecule has 19 heteroatoms. The van der Waals surface area contributed by atoms with Gasteiger partial charge in [-0.05, 0) is 49.4 Å². The average Bonchev–Trinajstić information content (AvgIpc) is 3.93. The Hall–Kier alpha value is -4.92. The summed E-state index contributed by atoms with van der Waals surface area (Å²) in [7, 11) is -6.43. The Balaban J connectivity index is 0.000000179. The van der Waals surface area contributed by atoms with Gasteiger partial charge in [0.2, 0.25) is 20.0 Å². The summed E-state index contributed by atoms with van der Waals surface area (Å²) in [5.41, 5.74) is 4.76. The van der Waals surface area contributed by atoms with Crippen molar-refractivity contribution in [3.63, 3.8) is 0 Å². The number of hydrogen-bond donors (Lipinski definition) is 0. The molecule has 0 spiro atoms. The Kier molecular flexibility index (Phi) is 12.7. The largest absolute Gasteiger partial charge is 0.496 e. The molecule has 8 rings (SSSR count). The Morgan fingerprint density at radius 1 is 0.593 bits per heavy atom. The Morgan fingerprint density at radius 3 is 1.58 bits per heavy atom. The standard InChI is InChI=1S/C20H19F2N3O3S2.C20H19F2N3O2S2/c1-28-18-5-3-2-4-15(18)17-13-29-20(23-17)24-8-10-25(11-9-24)30(26,27)19-7-6-14(21)12-16(19)22;1-14-3-2-4-15(11-14)18-13-28-20(23-18)24-7-9-25(10-8-24)29(26,27)19-6-5-16(21)12-17(19)22/h2-7,12-13H,8-11H2,1H3;2-6,11-13H,7-10H2,1H3. The highest BCUT2D eigenvalue weighted by molar-refractivity contribution is 7.89. The predicted molar refractivity (Wildman–Crippen MR) is 221 cm³/mol. The number of ether oxygens (including phenoxy) is 1. The van der Waals surface area contributed by atoms with Crippen LogP contribution in [0.2, 0.25) is 0 Å². The first-order valence-electron chi connectivity index (χ1n) is 18.3. The molecule has 0 N–H and O–H groups in total. The van der Waals surface area contributed by atoms with Gasteiger partial charge in [-0.3, -0.25) is 0 Å². The molecule has 2 fully saturated rings. The first kappa shape index (κ1) is 42.2.